The van der Waals surface area contributed by atoms with Crippen LogP contribution in [0.15, 0.2) is 103 Å². The molecular formula is C24H21N5OS. The van der Waals surface area contributed by atoms with E-state index in [9.17, 15) is 4.79 Å². The van der Waals surface area contributed by atoms with Crippen LogP contribution >= 0.6 is 11.8 Å². The fraction of sp³-hybridized carbons (Fsp3) is 0.0833. The number of hydrogen-bond acceptors (Lipinski definition) is 5. The van der Waals surface area contributed by atoms with Gasteiger partial charge in [-0.2, -0.15) is 0 Å². The molecule has 0 spiro atoms. The monoisotopic (exact) mass is 427 g/mol. The molecule has 0 atom stereocenters. The maximum atomic E-state index is 13.0. The Labute approximate surface area is 185 Å². The van der Waals surface area contributed by atoms with Gasteiger partial charge in [0.05, 0.1) is 5.75 Å². The Morgan fingerprint density at radius 3 is 2.42 bits per heavy atom. The van der Waals surface area contributed by atoms with Crippen LogP contribution in [0.1, 0.15) is 0 Å². The van der Waals surface area contributed by atoms with E-state index in [4.69, 9.17) is 0 Å². The smallest absolute Gasteiger partial charge is 0.237 e. The third-order valence-electron chi connectivity index (χ3n) is 4.57. The van der Waals surface area contributed by atoms with Crippen LogP contribution in [0, 0.1) is 0 Å². The third-order valence-corrected chi connectivity index (χ3v) is 5.49. The van der Waals surface area contributed by atoms with Crippen LogP contribution in [0.4, 0.5) is 5.69 Å². The first-order valence-corrected chi connectivity index (χ1v) is 10.8. The Bertz CT molecular complexity index is 1150. The molecule has 2 aromatic heterocycles. The molecule has 4 aromatic rings. The van der Waals surface area contributed by atoms with Gasteiger partial charge in [-0.15, -0.1) is 16.8 Å². The number of pyridine rings is 1. The minimum Gasteiger partial charge on any atom is -0.308 e. The molecule has 0 aliphatic carbocycles. The Morgan fingerprint density at radius 1 is 1.00 bits per heavy atom. The van der Waals surface area contributed by atoms with Gasteiger partial charge in [-0.25, -0.2) is 0 Å². The van der Waals surface area contributed by atoms with Gasteiger partial charge in [0.1, 0.15) is 0 Å². The van der Waals surface area contributed by atoms with Gasteiger partial charge in [-0.3, -0.25) is 14.3 Å². The normalized spacial score (nSPS) is 10.6. The zero-order valence-corrected chi connectivity index (χ0v) is 17.7. The second kappa shape index (κ2) is 9.86. The summed E-state index contributed by atoms with van der Waals surface area (Å²) in [6.45, 7) is 4.22. The van der Waals surface area contributed by atoms with Gasteiger partial charge in [-0.1, -0.05) is 54.2 Å². The molecule has 2 heterocycles. The van der Waals surface area contributed by atoms with E-state index in [0.29, 0.717) is 17.5 Å². The molecule has 0 unspecified atom stereocenters. The fourth-order valence-electron chi connectivity index (χ4n) is 3.15. The van der Waals surface area contributed by atoms with Gasteiger partial charge in [0.15, 0.2) is 11.0 Å². The number of benzene rings is 2. The number of carbonyl (C=O) groups excluding carboxylic acids is 1. The summed E-state index contributed by atoms with van der Waals surface area (Å²) in [6, 6.07) is 23.3. The lowest BCUT2D eigenvalue weighted by Crippen LogP contribution is -2.32. The highest BCUT2D eigenvalue weighted by atomic mass is 32.2. The predicted octanol–water partition coefficient (Wildman–Crippen LogP) is 4.64. The van der Waals surface area contributed by atoms with Crippen molar-refractivity contribution in [2.24, 2.45) is 0 Å². The molecule has 0 aliphatic heterocycles. The summed E-state index contributed by atoms with van der Waals surface area (Å²) in [5.41, 5.74) is 2.62. The molecule has 0 saturated heterocycles. The molecule has 4 rings (SSSR count). The lowest BCUT2D eigenvalue weighted by molar-refractivity contribution is -0.116. The van der Waals surface area contributed by atoms with E-state index in [1.807, 2.05) is 77.4 Å². The molecule has 2 aromatic carbocycles. The molecule has 31 heavy (non-hydrogen) atoms. The highest BCUT2D eigenvalue weighted by Gasteiger charge is 2.20. The summed E-state index contributed by atoms with van der Waals surface area (Å²) in [5, 5.41) is 9.41. The first kappa shape index (κ1) is 20.6. The lowest BCUT2D eigenvalue weighted by Gasteiger charge is -2.21. The summed E-state index contributed by atoms with van der Waals surface area (Å²) in [7, 11) is 0. The van der Waals surface area contributed by atoms with Gasteiger partial charge >= 0.3 is 0 Å². The lowest BCUT2D eigenvalue weighted by atomic mass is 10.2. The number of anilines is 1. The average molecular weight is 428 g/mol. The van der Waals surface area contributed by atoms with Crippen molar-refractivity contribution in [3.8, 4) is 17.1 Å². The average Bonchev–Trinajstić information content (AvgIpc) is 3.26. The molecule has 0 saturated carbocycles. The topological polar surface area (TPSA) is 63.9 Å². The second-order valence-corrected chi connectivity index (χ2v) is 7.58. The molecule has 0 fully saturated rings. The zero-order chi connectivity index (χ0) is 21.5. The van der Waals surface area contributed by atoms with Crippen molar-refractivity contribution in [3.05, 3.63) is 97.8 Å². The van der Waals surface area contributed by atoms with E-state index in [1.165, 1.54) is 11.8 Å². The van der Waals surface area contributed by atoms with E-state index in [-0.39, 0.29) is 11.7 Å². The first-order chi connectivity index (χ1) is 15.3. The largest absolute Gasteiger partial charge is 0.308 e. The van der Waals surface area contributed by atoms with Crippen LogP contribution in [0.5, 0.6) is 0 Å². The summed E-state index contributed by atoms with van der Waals surface area (Å²) in [5.74, 6) is 0.877. The van der Waals surface area contributed by atoms with E-state index >= 15 is 0 Å². The van der Waals surface area contributed by atoms with Crippen LogP contribution in [0.25, 0.3) is 17.1 Å². The molecule has 0 aliphatic rings. The van der Waals surface area contributed by atoms with Gasteiger partial charge in [-0.05, 0) is 36.4 Å². The molecule has 6 nitrogen and oxygen atoms in total. The Balaban J connectivity index is 1.62. The van der Waals surface area contributed by atoms with Crippen LogP contribution in [0.3, 0.4) is 0 Å². The molecule has 0 bridgehead atoms. The highest BCUT2D eigenvalue weighted by molar-refractivity contribution is 7.99. The Hall–Kier alpha value is -3.71. The van der Waals surface area contributed by atoms with Crippen LogP contribution < -0.4 is 4.90 Å². The summed E-state index contributed by atoms with van der Waals surface area (Å²) >= 11 is 1.36. The predicted molar refractivity (Wildman–Crippen MR) is 124 cm³/mol. The summed E-state index contributed by atoms with van der Waals surface area (Å²) < 4.78 is 1.95. The number of thioether (sulfide) groups is 1. The molecule has 0 radical (unpaired) electrons. The van der Waals surface area contributed by atoms with Crippen molar-refractivity contribution in [1.29, 1.82) is 0 Å². The third kappa shape index (κ3) is 4.73. The Kier molecular flexibility index (Phi) is 6.54. The summed E-state index contributed by atoms with van der Waals surface area (Å²) in [6.07, 6.45) is 5.20. The molecule has 7 heteroatoms. The van der Waals surface area contributed by atoms with Crippen molar-refractivity contribution in [2.45, 2.75) is 5.16 Å². The minimum absolute atomic E-state index is 0.0263. The number of para-hydroxylation sites is 2. The summed E-state index contributed by atoms with van der Waals surface area (Å²) in [4.78, 5) is 18.9. The van der Waals surface area contributed by atoms with Gasteiger partial charge in [0.25, 0.3) is 0 Å². The fourth-order valence-corrected chi connectivity index (χ4v) is 3.98. The van der Waals surface area contributed by atoms with Gasteiger partial charge in [0, 0.05) is 35.9 Å². The number of carbonyl (C=O) groups is 1. The maximum absolute atomic E-state index is 13.0. The van der Waals surface area contributed by atoms with Crippen LogP contribution in [-0.2, 0) is 4.79 Å². The molecule has 154 valence electrons. The Morgan fingerprint density at radius 2 is 1.74 bits per heavy atom. The zero-order valence-electron chi connectivity index (χ0n) is 16.8. The van der Waals surface area contributed by atoms with Gasteiger partial charge in [0.2, 0.25) is 5.91 Å². The van der Waals surface area contributed by atoms with Crippen molar-refractivity contribution in [3.63, 3.8) is 0 Å². The van der Waals surface area contributed by atoms with E-state index in [1.54, 1.807) is 23.4 Å². The minimum atomic E-state index is -0.0263. The SMILES string of the molecule is C=CCN(C(=O)CSc1nnc(-c2cccnc2)n1-c1ccccc1)c1ccccc1. The number of aromatic nitrogens is 4. The second-order valence-electron chi connectivity index (χ2n) is 6.64. The first-order valence-electron chi connectivity index (χ1n) is 9.78. The molecule has 0 N–H and O–H groups in total. The van der Waals surface area contributed by atoms with E-state index in [0.717, 1.165) is 16.9 Å². The van der Waals surface area contributed by atoms with Crippen molar-refractivity contribution < 1.29 is 4.79 Å². The quantitative estimate of drug-likeness (QED) is 0.303. The van der Waals surface area contributed by atoms with E-state index in [2.05, 4.69) is 21.8 Å². The van der Waals surface area contributed by atoms with Crippen LogP contribution in [0.2, 0.25) is 0 Å². The van der Waals surface area contributed by atoms with Gasteiger partial charge < -0.3 is 4.90 Å². The molecular weight excluding hydrogens is 406 g/mol. The maximum Gasteiger partial charge on any atom is 0.237 e. The number of hydrogen-bond donors (Lipinski definition) is 0. The van der Waals surface area contributed by atoms with E-state index < -0.39 is 0 Å². The standard InChI is InChI=1S/C24H21N5OS/c1-2-16-28(20-11-5-3-6-12-20)22(30)18-31-24-27-26-23(19-10-9-15-25-17-19)29(24)21-13-7-4-8-14-21/h2-15,17H,1,16,18H2. The number of amides is 1. The highest BCUT2D eigenvalue weighted by Crippen LogP contribution is 2.28. The molecule has 1 amide bonds. The van der Waals surface area contributed by atoms with Crippen molar-refractivity contribution >= 4 is 23.4 Å². The van der Waals surface area contributed by atoms with Crippen molar-refractivity contribution in [2.75, 3.05) is 17.2 Å². The number of rotatable bonds is 8. The van der Waals surface area contributed by atoms with Crippen LogP contribution in [-0.4, -0.2) is 38.0 Å². The number of nitrogens with zero attached hydrogens (tertiary/aromatic N) is 5. The van der Waals surface area contributed by atoms with Crippen molar-refractivity contribution in [1.82, 2.24) is 19.7 Å².